The lowest BCUT2D eigenvalue weighted by molar-refractivity contribution is -0.150. The van der Waals surface area contributed by atoms with Gasteiger partial charge in [-0.25, -0.2) is 13.2 Å². The maximum atomic E-state index is 13.6. The van der Waals surface area contributed by atoms with Gasteiger partial charge in [-0.1, -0.05) is 29.3 Å². The van der Waals surface area contributed by atoms with Crippen molar-refractivity contribution in [2.45, 2.75) is 42.2 Å². The number of hydrogen-bond acceptors (Lipinski definition) is 9. The normalized spacial score (nSPS) is 18.2. The number of alkyl halides is 2. The lowest BCUT2D eigenvalue weighted by Gasteiger charge is -2.26. The molecule has 1 aliphatic carbocycles. The molecule has 9 nitrogen and oxygen atoms in total. The SMILES string of the molecule is O=C(O[C@@H](Cc1c(Cl)cncc1Cl)c1ccc(OC(F)F)c(OCC2CC2)c1)[C@@H]1SCCN1S(=O)(=O)c1cccnc1. The highest BCUT2D eigenvalue weighted by Gasteiger charge is 2.42. The van der Waals surface area contributed by atoms with Gasteiger partial charge < -0.3 is 14.2 Å². The van der Waals surface area contributed by atoms with E-state index in [1.54, 1.807) is 0 Å². The number of rotatable bonds is 12. The molecule has 2 atom stereocenters. The molecule has 0 spiro atoms. The lowest BCUT2D eigenvalue weighted by Crippen LogP contribution is -2.40. The Morgan fingerprint density at radius 1 is 1.10 bits per heavy atom. The number of hydrogen-bond donors (Lipinski definition) is 0. The molecule has 1 aliphatic heterocycles. The Morgan fingerprint density at radius 3 is 2.52 bits per heavy atom. The van der Waals surface area contributed by atoms with Crippen LogP contribution in [0.4, 0.5) is 8.78 Å². The van der Waals surface area contributed by atoms with Crippen LogP contribution in [0.3, 0.4) is 0 Å². The van der Waals surface area contributed by atoms with Crippen LogP contribution in [-0.4, -0.2) is 59.6 Å². The van der Waals surface area contributed by atoms with Gasteiger partial charge in [0.2, 0.25) is 10.0 Å². The highest BCUT2D eigenvalue weighted by atomic mass is 35.5. The largest absolute Gasteiger partial charge is 0.489 e. The Morgan fingerprint density at radius 2 is 1.86 bits per heavy atom. The Bertz CT molecular complexity index is 1510. The smallest absolute Gasteiger partial charge is 0.387 e. The molecule has 15 heteroatoms. The van der Waals surface area contributed by atoms with Crippen molar-refractivity contribution >= 4 is 51.0 Å². The summed E-state index contributed by atoms with van der Waals surface area (Å²) in [5.41, 5.74) is 0.808. The van der Waals surface area contributed by atoms with Gasteiger partial charge in [0.1, 0.15) is 11.0 Å². The summed E-state index contributed by atoms with van der Waals surface area (Å²) < 4.78 is 70.3. The monoisotopic (exact) mass is 659 g/mol. The van der Waals surface area contributed by atoms with Gasteiger partial charge in [-0.3, -0.25) is 9.97 Å². The second-order valence-corrected chi connectivity index (χ2v) is 13.5. The third-order valence-electron chi connectivity index (χ3n) is 6.62. The van der Waals surface area contributed by atoms with E-state index in [9.17, 15) is 22.0 Å². The van der Waals surface area contributed by atoms with Crippen molar-refractivity contribution in [3.05, 3.63) is 76.3 Å². The number of thioether (sulfide) groups is 1. The van der Waals surface area contributed by atoms with Crippen molar-refractivity contribution in [1.82, 2.24) is 14.3 Å². The molecular weight excluding hydrogens is 635 g/mol. The van der Waals surface area contributed by atoms with Crippen LogP contribution in [0.15, 0.2) is 60.0 Å². The molecular formula is C27H25Cl2F2N3O6S2. The second kappa shape index (κ2) is 13.3. The van der Waals surface area contributed by atoms with Gasteiger partial charge in [-0.15, -0.1) is 11.8 Å². The van der Waals surface area contributed by atoms with Crippen LogP contribution < -0.4 is 9.47 Å². The minimum Gasteiger partial charge on any atom is -0.489 e. The number of pyridine rings is 2. The van der Waals surface area contributed by atoms with Gasteiger partial charge in [0.25, 0.3) is 0 Å². The highest BCUT2D eigenvalue weighted by molar-refractivity contribution is 8.02. The Kier molecular flexibility index (Phi) is 9.73. The van der Waals surface area contributed by atoms with Crippen molar-refractivity contribution in [2.24, 2.45) is 5.92 Å². The molecule has 5 rings (SSSR count). The Balaban J connectivity index is 1.46. The van der Waals surface area contributed by atoms with Crippen LogP contribution in [0.2, 0.25) is 10.0 Å². The first-order chi connectivity index (χ1) is 20.1. The van der Waals surface area contributed by atoms with Crippen LogP contribution in [0, 0.1) is 5.92 Å². The van der Waals surface area contributed by atoms with E-state index >= 15 is 0 Å². The molecule has 2 fully saturated rings. The third-order valence-corrected chi connectivity index (χ3v) is 10.4. The van der Waals surface area contributed by atoms with Crippen LogP contribution in [0.25, 0.3) is 0 Å². The molecule has 1 aromatic carbocycles. The molecule has 224 valence electrons. The number of halogens is 4. The summed E-state index contributed by atoms with van der Waals surface area (Å²) in [5, 5.41) is -0.724. The summed E-state index contributed by atoms with van der Waals surface area (Å²) in [4.78, 5) is 21.4. The zero-order valence-electron chi connectivity index (χ0n) is 21.9. The topological polar surface area (TPSA) is 108 Å². The first kappa shape index (κ1) is 30.7. The number of nitrogens with zero attached hydrogens (tertiary/aromatic N) is 3. The first-order valence-corrected chi connectivity index (χ1v) is 16.1. The summed E-state index contributed by atoms with van der Waals surface area (Å²) >= 11 is 13.9. The first-order valence-electron chi connectivity index (χ1n) is 12.9. The average molecular weight is 661 g/mol. The molecule has 3 heterocycles. The molecule has 3 aromatic rings. The predicted octanol–water partition coefficient (Wildman–Crippen LogP) is 5.76. The van der Waals surface area contributed by atoms with E-state index in [0.29, 0.717) is 29.4 Å². The minimum atomic E-state index is -4.05. The van der Waals surface area contributed by atoms with Gasteiger partial charge in [-0.2, -0.15) is 13.1 Å². The van der Waals surface area contributed by atoms with E-state index in [1.807, 2.05) is 0 Å². The fraction of sp³-hybridized carbons (Fsp3) is 0.370. The fourth-order valence-electron chi connectivity index (χ4n) is 4.29. The number of sulfonamides is 1. The molecule has 0 amide bonds. The van der Waals surface area contributed by atoms with Crippen molar-refractivity contribution in [3.63, 3.8) is 0 Å². The molecule has 1 saturated heterocycles. The molecule has 1 saturated carbocycles. The number of esters is 1. The van der Waals surface area contributed by atoms with E-state index in [0.717, 1.165) is 28.9 Å². The van der Waals surface area contributed by atoms with Gasteiger partial charge in [0.05, 0.1) is 16.7 Å². The molecule has 0 unspecified atom stereocenters. The molecule has 0 bridgehead atoms. The number of benzene rings is 1. The second-order valence-electron chi connectivity index (χ2n) is 9.58. The van der Waals surface area contributed by atoms with Crippen molar-refractivity contribution < 1.29 is 36.2 Å². The number of carbonyl (C=O) groups excluding carboxylic acids is 1. The van der Waals surface area contributed by atoms with Crippen LogP contribution in [-0.2, 0) is 26.0 Å². The van der Waals surface area contributed by atoms with E-state index < -0.39 is 34.1 Å². The predicted molar refractivity (Wildman–Crippen MR) is 152 cm³/mol. The number of ether oxygens (including phenoxy) is 3. The average Bonchev–Trinajstić information content (AvgIpc) is 3.65. The third kappa shape index (κ3) is 7.25. The standard InChI is InChI=1S/C27H25Cl2F2N3O6S2/c28-20-13-33-14-21(29)19(20)11-23(17-5-6-22(40-27(30)31)24(10-17)38-15-16-3-4-16)39-26(35)25-34(8-9-41-25)42(36,37)18-2-1-7-32-12-18/h1-2,5-7,10,12-14,16,23,25,27H,3-4,8-9,11,15H2/t23-,25-/m0/s1. The fourth-order valence-corrected chi connectivity index (χ4v) is 7.82. The summed E-state index contributed by atoms with van der Waals surface area (Å²) in [7, 11) is -4.05. The van der Waals surface area contributed by atoms with Crippen LogP contribution in [0.1, 0.15) is 30.1 Å². The van der Waals surface area contributed by atoms with E-state index in [1.165, 1.54) is 55.1 Å². The summed E-state index contributed by atoms with van der Waals surface area (Å²) in [5.74, 6) is -0.235. The molecule has 42 heavy (non-hydrogen) atoms. The number of aromatic nitrogens is 2. The summed E-state index contributed by atoms with van der Waals surface area (Å²) in [6.07, 6.45) is 6.31. The Hall–Kier alpha value is -2.71. The zero-order valence-corrected chi connectivity index (χ0v) is 25.0. The Labute approximate surface area is 255 Å². The summed E-state index contributed by atoms with van der Waals surface area (Å²) in [6, 6.07) is 7.13. The van der Waals surface area contributed by atoms with E-state index in [-0.39, 0.29) is 39.4 Å². The van der Waals surface area contributed by atoms with Crippen LogP contribution >= 0.6 is 35.0 Å². The van der Waals surface area contributed by atoms with Crippen molar-refractivity contribution in [2.75, 3.05) is 18.9 Å². The maximum absolute atomic E-state index is 13.6. The maximum Gasteiger partial charge on any atom is 0.387 e. The van der Waals surface area contributed by atoms with Gasteiger partial charge in [0.15, 0.2) is 16.9 Å². The molecule has 0 radical (unpaired) electrons. The lowest BCUT2D eigenvalue weighted by atomic mass is 10.0. The number of carbonyl (C=O) groups is 1. The van der Waals surface area contributed by atoms with Gasteiger partial charge in [0, 0.05) is 43.5 Å². The van der Waals surface area contributed by atoms with Crippen molar-refractivity contribution in [1.29, 1.82) is 0 Å². The van der Waals surface area contributed by atoms with Gasteiger partial charge in [-0.05, 0) is 54.2 Å². The minimum absolute atomic E-state index is 0.0181. The quantitative estimate of drug-likeness (QED) is 0.224. The molecule has 2 aliphatic rings. The molecule has 2 aromatic heterocycles. The van der Waals surface area contributed by atoms with E-state index in [4.69, 9.17) is 32.7 Å². The summed E-state index contributed by atoms with van der Waals surface area (Å²) in [6.45, 7) is -2.67. The molecule has 0 N–H and O–H groups in total. The zero-order chi connectivity index (χ0) is 29.9. The van der Waals surface area contributed by atoms with E-state index in [2.05, 4.69) is 14.7 Å². The highest BCUT2D eigenvalue weighted by Crippen LogP contribution is 2.39. The van der Waals surface area contributed by atoms with Gasteiger partial charge >= 0.3 is 12.6 Å². The van der Waals surface area contributed by atoms with Crippen molar-refractivity contribution in [3.8, 4) is 11.5 Å². The van der Waals surface area contributed by atoms with Crippen LogP contribution in [0.5, 0.6) is 11.5 Å².